The number of amides is 1. The number of carbonyl (C=O) groups excluding carboxylic acids is 1. The minimum absolute atomic E-state index is 0.00773. The van der Waals surface area contributed by atoms with Gasteiger partial charge in [-0.3, -0.25) is 4.79 Å². The van der Waals surface area contributed by atoms with Gasteiger partial charge in [0.05, 0.1) is 28.9 Å². The largest absolute Gasteiger partial charge is 0.492 e. The Morgan fingerprint density at radius 2 is 1.93 bits per heavy atom. The second-order valence-corrected chi connectivity index (χ2v) is 7.88. The molecular weight excluding hydrogens is 380 g/mol. The molecule has 158 valence electrons. The van der Waals surface area contributed by atoms with Crippen LogP contribution in [0.1, 0.15) is 48.4 Å². The summed E-state index contributed by atoms with van der Waals surface area (Å²) in [6, 6.07) is 9.97. The predicted octanol–water partition coefficient (Wildman–Crippen LogP) is 4.02. The molecule has 2 aromatic heterocycles. The monoisotopic (exact) mass is 408 g/mol. The molecule has 7 nitrogen and oxygen atoms in total. The van der Waals surface area contributed by atoms with E-state index in [1.54, 1.807) is 0 Å². The summed E-state index contributed by atoms with van der Waals surface area (Å²) in [4.78, 5) is 22.2. The number of nitrogens with zero attached hydrogens (tertiary/aromatic N) is 4. The van der Waals surface area contributed by atoms with Crippen molar-refractivity contribution in [2.75, 3.05) is 37.7 Å². The van der Waals surface area contributed by atoms with Crippen molar-refractivity contribution in [3.63, 3.8) is 0 Å². The number of fused-ring (bicyclic) bond motifs is 1. The normalized spacial score (nSPS) is 14.6. The molecule has 0 spiro atoms. The van der Waals surface area contributed by atoms with Crippen molar-refractivity contribution in [2.24, 2.45) is 0 Å². The van der Waals surface area contributed by atoms with Crippen LogP contribution in [0.3, 0.4) is 0 Å². The molecule has 0 atom stereocenters. The Hall–Kier alpha value is -3.09. The van der Waals surface area contributed by atoms with Gasteiger partial charge in [-0.15, -0.1) is 0 Å². The average molecular weight is 409 g/mol. The minimum Gasteiger partial charge on any atom is -0.492 e. The zero-order valence-corrected chi connectivity index (χ0v) is 18.0. The van der Waals surface area contributed by atoms with Crippen LogP contribution >= 0.6 is 0 Å². The Bertz CT molecular complexity index is 1050. The van der Waals surface area contributed by atoms with Gasteiger partial charge in [-0.2, -0.15) is 0 Å². The number of hydrogen-bond donors (Lipinski definition) is 0. The molecule has 1 fully saturated rings. The molecule has 1 aromatic carbocycles. The number of ether oxygens (including phenoxy) is 1. The van der Waals surface area contributed by atoms with Gasteiger partial charge in [-0.05, 0) is 38.0 Å². The van der Waals surface area contributed by atoms with Crippen LogP contribution in [0.2, 0.25) is 0 Å². The molecule has 3 heterocycles. The van der Waals surface area contributed by atoms with Crippen LogP contribution in [0.5, 0.6) is 5.75 Å². The summed E-state index contributed by atoms with van der Waals surface area (Å²) < 4.78 is 11.2. The Labute approximate surface area is 176 Å². The van der Waals surface area contributed by atoms with Crippen molar-refractivity contribution >= 4 is 22.7 Å². The molecule has 0 bridgehead atoms. The first-order valence-electron chi connectivity index (χ1n) is 10.5. The number of rotatable bonds is 5. The van der Waals surface area contributed by atoms with E-state index in [1.807, 2.05) is 43.0 Å². The zero-order valence-electron chi connectivity index (χ0n) is 18.0. The summed E-state index contributed by atoms with van der Waals surface area (Å²) >= 11 is 0. The summed E-state index contributed by atoms with van der Waals surface area (Å²) in [5.41, 5.74) is 3.68. The molecule has 4 rings (SSSR count). The molecule has 0 N–H and O–H groups in total. The Kier molecular flexibility index (Phi) is 5.61. The molecule has 1 amide bonds. The maximum atomic E-state index is 13.4. The van der Waals surface area contributed by atoms with Crippen LogP contribution in [-0.2, 0) is 0 Å². The van der Waals surface area contributed by atoms with Gasteiger partial charge in [0.25, 0.3) is 11.6 Å². The lowest BCUT2D eigenvalue weighted by molar-refractivity contribution is 0.0748. The van der Waals surface area contributed by atoms with Crippen LogP contribution in [0.25, 0.3) is 11.1 Å². The van der Waals surface area contributed by atoms with Gasteiger partial charge in [0.15, 0.2) is 0 Å². The van der Waals surface area contributed by atoms with E-state index in [-0.39, 0.29) is 11.8 Å². The van der Waals surface area contributed by atoms with Crippen LogP contribution < -0.4 is 9.64 Å². The fourth-order valence-corrected chi connectivity index (χ4v) is 3.89. The van der Waals surface area contributed by atoms with Gasteiger partial charge < -0.3 is 19.1 Å². The summed E-state index contributed by atoms with van der Waals surface area (Å²) in [6.07, 6.45) is 0. The zero-order chi connectivity index (χ0) is 21.3. The molecule has 0 radical (unpaired) electrons. The van der Waals surface area contributed by atoms with E-state index in [4.69, 9.17) is 9.26 Å². The van der Waals surface area contributed by atoms with Gasteiger partial charge >= 0.3 is 0 Å². The molecule has 7 heteroatoms. The molecule has 0 saturated carbocycles. The molecular formula is C23H28N4O3. The van der Waals surface area contributed by atoms with E-state index in [2.05, 4.69) is 35.0 Å². The number of aryl methyl sites for hydroxylation is 1. The summed E-state index contributed by atoms with van der Waals surface area (Å²) in [5, 5.41) is 4.75. The maximum Gasteiger partial charge on any atom is 0.259 e. The molecule has 30 heavy (non-hydrogen) atoms. The third kappa shape index (κ3) is 3.72. The molecule has 3 aromatic rings. The quantitative estimate of drug-likeness (QED) is 0.635. The highest BCUT2D eigenvalue weighted by molar-refractivity contribution is 6.06. The first-order valence-corrected chi connectivity index (χ1v) is 10.5. The van der Waals surface area contributed by atoms with E-state index in [9.17, 15) is 4.79 Å². The highest BCUT2D eigenvalue weighted by Crippen LogP contribution is 2.30. The number of benzene rings is 1. The lowest BCUT2D eigenvalue weighted by atomic mass is 10.0. The van der Waals surface area contributed by atoms with Gasteiger partial charge in [-0.1, -0.05) is 31.1 Å². The molecule has 1 aliphatic rings. The van der Waals surface area contributed by atoms with Gasteiger partial charge in [-0.25, -0.2) is 4.98 Å². The number of anilines is 1. The van der Waals surface area contributed by atoms with Crippen molar-refractivity contribution in [3.8, 4) is 5.75 Å². The Balaban J connectivity index is 1.56. The number of aromatic nitrogens is 2. The van der Waals surface area contributed by atoms with Gasteiger partial charge in [0.1, 0.15) is 5.75 Å². The van der Waals surface area contributed by atoms with Gasteiger partial charge in [0.2, 0.25) is 0 Å². The second-order valence-electron chi connectivity index (χ2n) is 7.88. The summed E-state index contributed by atoms with van der Waals surface area (Å²) in [7, 11) is 0. The number of hydrogen-bond acceptors (Lipinski definition) is 6. The van der Waals surface area contributed by atoms with Crippen molar-refractivity contribution < 1.29 is 14.1 Å². The third-order valence-corrected chi connectivity index (χ3v) is 5.53. The highest BCUT2D eigenvalue weighted by Gasteiger charge is 2.27. The van der Waals surface area contributed by atoms with E-state index < -0.39 is 0 Å². The standard InChI is InChI=1S/C23H28N4O3/c1-5-29-20-9-7-6-8-19(20)26-10-12-27(13-11-26)23(28)17-14-18(15(2)3)24-22-21(17)16(4)25-30-22/h6-9,14-15H,5,10-13H2,1-4H3. The first-order chi connectivity index (χ1) is 14.5. The number of para-hydroxylation sites is 2. The Morgan fingerprint density at radius 3 is 2.63 bits per heavy atom. The predicted molar refractivity (Wildman–Crippen MR) is 116 cm³/mol. The lowest BCUT2D eigenvalue weighted by Crippen LogP contribution is -2.49. The van der Waals surface area contributed by atoms with Crippen LogP contribution in [0, 0.1) is 6.92 Å². The fraction of sp³-hybridized carbons (Fsp3) is 0.435. The summed E-state index contributed by atoms with van der Waals surface area (Å²) in [6.45, 7) is 11.4. The minimum atomic E-state index is 0.00773. The molecule has 1 saturated heterocycles. The van der Waals surface area contributed by atoms with Crippen molar-refractivity contribution in [1.29, 1.82) is 0 Å². The van der Waals surface area contributed by atoms with Crippen LogP contribution in [0.4, 0.5) is 5.69 Å². The SMILES string of the molecule is CCOc1ccccc1N1CCN(C(=O)c2cc(C(C)C)nc3onc(C)c23)CC1. The topological polar surface area (TPSA) is 71.7 Å². The highest BCUT2D eigenvalue weighted by atomic mass is 16.5. The smallest absolute Gasteiger partial charge is 0.259 e. The number of pyridine rings is 1. The van der Waals surface area contributed by atoms with E-state index in [0.29, 0.717) is 42.1 Å². The van der Waals surface area contributed by atoms with Gasteiger partial charge in [0, 0.05) is 31.9 Å². The third-order valence-electron chi connectivity index (χ3n) is 5.53. The second kappa shape index (κ2) is 8.34. The van der Waals surface area contributed by atoms with Crippen molar-refractivity contribution in [3.05, 3.63) is 47.3 Å². The fourth-order valence-electron chi connectivity index (χ4n) is 3.89. The number of piperazine rings is 1. The summed E-state index contributed by atoms with van der Waals surface area (Å²) in [5.74, 6) is 1.09. The average Bonchev–Trinajstić information content (AvgIpc) is 3.14. The number of carbonyl (C=O) groups is 1. The van der Waals surface area contributed by atoms with Crippen LogP contribution in [0.15, 0.2) is 34.9 Å². The van der Waals surface area contributed by atoms with Crippen LogP contribution in [-0.4, -0.2) is 53.7 Å². The van der Waals surface area contributed by atoms with E-state index in [0.717, 1.165) is 30.2 Å². The van der Waals surface area contributed by atoms with Crippen molar-refractivity contribution in [1.82, 2.24) is 15.0 Å². The molecule has 1 aliphatic heterocycles. The van der Waals surface area contributed by atoms with E-state index in [1.165, 1.54) is 0 Å². The van der Waals surface area contributed by atoms with Crippen molar-refractivity contribution in [2.45, 2.75) is 33.6 Å². The maximum absolute atomic E-state index is 13.4. The van der Waals surface area contributed by atoms with E-state index >= 15 is 0 Å². The molecule has 0 aliphatic carbocycles. The first kappa shape index (κ1) is 20.2. The lowest BCUT2D eigenvalue weighted by Gasteiger charge is -2.36. The Morgan fingerprint density at radius 1 is 1.20 bits per heavy atom. The molecule has 0 unspecified atom stereocenters.